The number of rotatable bonds is 5. The fourth-order valence-corrected chi connectivity index (χ4v) is 1.81. The molecule has 0 saturated carbocycles. The van der Waals surface area contributed by atoms with Crippen molar-refractivity contribution < 1.29 is 13.2 Å². The van der Waals surface area contributed by atoms with E-state index in [0.29, 0.717) is 6.54 Å². The van der Waals surface area contributed by atoms with Gasteiger partial charge in [0.25, 0.3) is 0 Å². The molecule has 1 nitrogen and oxygen atoms in total. The Morgan fingerprint density at radius 2 is 1.56 bits per heavy atom. The SMILES string of the molecule is CCc1ccc(C(C)(C)CNCC(F)(F)F)cc1. The van der Waals surface area contributed by atoms with Crippen LogP contribution in [0.5, 0.6) is 0 Å². The van der Waals surface area contributed by atoms with Gasteiger partial charge in [0.15, 0.2) is 0 Å². The summed E-state index contributed by atoms with van der Waals surface area (Å²) in [6.45, 7) is 5.32. The molecule has 1 aromatic rings. The van der Waals surface area contributed by atoms with Crippen LogP contribution in [0.25, 0.3) is 0 Å². The summed E-state index contributed by atoms with van der Waals surface area (Å²) in [5.41, 5.74) is 1.98. The summed E-state index contributed by atoms with van der Waals surface area (Å²) in [7, 11) is 0. The maximum Gasteiger partial charge on any atom is 0.401 e. The third kappa shape index (κ3) is 4.69. The maximum atomic E-state index is 12.1. The van der Waals surface area contributed by atoms with E-state index in [9.17, 15) is 13.2 Å². The van der Waals surface area contributed by atoms with E-state index in [-0.39, 0.29) is 5.41 Å². The maximum absolute atomic E-state index is 12.1. The molecule has 0 aliphatic carbocycles. The molecule has 0 amide bonds. The third-order valence-corrected chi connectivity index (χ3v) is 3.04. The number of hydrogen-bond acceptors (Lipinski definition) is 1. The zero-order chi connectivity index (χ0) is 13.8. The molecule has 18 heavy (non-hydrogen) atoms. The van der Waals surface area contributed by atoms with E-state index in [1.165, 1.54) is 5.56 Å². The van der Waals surface area contributed by atoms with E-state index in [1.807, 2.05) is 38.1 Å². The lowest BCUT2D eigenvalue weighted by atomic mass is 9.84. The monoisotopic (exact) mass is 259 g/mol. The van der Waals surface area contributed by atoms with E-state index >= 15 is 0 Å². The van der Waals surface area contributed by atoms with Crippen LogP contribution >= 0.6 is 0 Å². The quantitative estimate of drug-likeness (QED) is 0.850. The van der Waals surface area contributed by atoms with Crippen molar-refractivity contribution in [3.05, 3.63) is 35.4 Å². The Hall–Kier alpha value is -1.03. The number of hydrogen-bond donors (Lipinski definition) is 1. The first-order valence-corrected chi connectivity index (χ1v) is 6.11. The van der Waals surface area contributed by atoms with Crippen molar-refractivity contribution in [3.8, 4) is 0 Å². The van der Waals surface area contributed by atoms with E-state index in [1.54, 1.807) is 0 Å². The van der Waals surface area contributed by atoms with Crippen LogP contribution in [-0.2, 0) is 11.8 Å². The molecule has 0 unspecified atom stereocenters. The molecule has 0 fully saturated rings. The Morgan fingerprint density at radius 3 is 2.00 bits per heavy atom. The van der Waals surface area contributed by atoms with Crippen LogP contribution in [0.2, 0.25) is 0 Å². The number of aryl methyl sites for hydroxylation is 1. The van der Waals surface area contributed by atoms with Gasteiger partial charge in [0.1, 0.15) is 0 Å². The van der Waals surface area contributed by atoms with Gasteiger partial charge in [0.2, 0.25) is 0 Å². The predicted octanol–water partition coefficient (Wildman–Crippen LogP) is 3.68. The summed E-state index contributed by atoms with van der Waals surface area (Å²) < 4.78 is 36.2. The highest BCUT2D eigenvalue weighted by Gasteiger charge is 2.28. The fraction of sp³-hybridized carbons (Fsp3) is 0.571. The molecule has 0 heterocycles. The van der Waals surface area contributed by atoms with E-state index in [2.05, 4.69) is 12.2 Å². The van der Waals surface area contributed by atoms with Gasteiger partial charge >= 0.3 is 6.18 Å². The van der Waals surface area contributed by atoms with Crippen molar-refractivity contribution >= 4 is 0 Å². The molecule has 0 spiro atoms. The minimum Gasteiger partial charge on any atom is -0.308 e. The zero-order valence-electron chi connectivity index (χ0n) is 11.1. The topological polar surface area (TPSA) is 12.0 Å². The van der Waals surface area contributed by atoms with Crippen LogP contribution < -0.4 is 5.32 Å². The summed E-state index contributed by atoms with van der Waals surface area (Å²) in [5, 5.41) is 2.47. The van der Waals surface area contributed by atoms with Gasteiger partial charge < -0.3 is 5.32 Å². The second-order valence-corrected chi connectivity index (χ2v) is 5.15. The minimum atomic E-state index is -4.15. The lowest BCUT2D eigenvalue weighted by Crippen LogP contribution is -2.38. The summed E-state index contributed by atoms with van der Waals surface area (Å²) in [5.74, 6) is 0. The molecule has 1 N–H and O–H groups in total. The van der Waals surface area contributed by atoms with Crippen LogP contribution in [-0.4, -0.2) is 19.3 Å². The normalized spacial score (nSPS) is 12.8. The predicted molar refractivity (Wildman–Crippen MR) is 67.8 cm³/mol. The van der Waals surface area contributed by atoms with Gasteiger partial charge in [0.05, 0.1) is 6.54 Å². The number of nitrogens with one attached hydrogen (secondary N) is 1. The van der Waals surface area contributed by atoms with Crippen molar-refractivity contribution in [3.63, 3.8) is 0 Å². The average Bonchev–Trinajstić information content (AvgIpc) is 2.27. The second kappa shape index (κ2) is 5.74. The van der Waals surface area contributed by atoms with Crippen LogP contribution in [0.15, 0.2) is 24.3 Å². The Morgan fingerprint density at radius 1 is 1.00 bits per heavy atom. The van der Waals surface area contributed by atoms with E-state index in [4.69, 9.17) is 0 Å². The average molecular weight is 259 g/mol. The largest absolute Gasteiger partial charge is 0.401 e. The molecule has 0 aliphatic rings. The van der Waals surface area contributed by atoms with E-state index in [0.717, 1.165) is 12.0 Å². The molecule has 1 aromatic carbocycles. The molecular formula is C14H20F3N. The van der Waals surface area contributed by atoms with Crippen LogP contribution in [0, 0.1) is 0 Å². The minimum absolute atomic E-state index is 0.304. The molecule has 4 heteroatoms. The first-order valence-electron chi connectivity index (χ1n) is 6.11. The van der Waals surface area contributed by atoms with E-state index < -0.39 is 12.7 Å². The van der Waals surface area contributed by atoms with Gasteiger partial charge in [0, 0.05) is 12.0 Å². The molecule has 0 atom stereocenters. The first-order chi connectivity index (χ1) is 8.24. The third-order valence-electron chi connectivity index (χ3n) is 3.04. The summed E-state index contributed by atoms with van der Waals surface area (Å²) in [4.78, 5) is 0. The highest BCUT2D eigenvalue weighted by atomic mass is 19.4. The summed E-state index contributed by atoms with van der Waals surface area (Å²) in [6.07, 6.45) is -3.19. The van der Waals surface area contributed by atoms with Gasteiger partial charge in [-0.05, 0) is 17.5 Å². The highest BCUT2D eigenvalue weighted by Crippen LogP contribution is 2.23. The smallest absolute Gasteiger partial charge is 0.308 e. The molecule has 0 saturated heterocycles. The van der Waals surface area contributed by atoms with Crippen LogP contribution in [0.3, 0.4) is 0 Å². The molecule has 102 valence electrons. The number of benzene rings is 1. The molecule has 0 bridgehead atoms. The number of halogens is 3. The van der Waals surface area contributed by atoms with Gasteiger partial charge in [-0.25, -0.2) is 0 Å². The molecule has 1 rings (SSSR count). The molecule has 0 aliphatic heterocycles. The van der Waals surface area contributed by atoms with Crippen LogP contribution in [0.1, 0.15) is 31.9 Å². The fourth-order valence-electron chi connectivity index (χ4n) is 1.81. The lowest BCUT2D eigenvalue weighted by molar-refractivity contribution is -0.125. The van der Waals surface area contributed by atoms with Gasteiger partial charge in [-0.1, -0.05) is 45.0 Å². The Bertz CT molecular complexity index is 366. The Kier molecular flexibility index (Phi) is 4.79. The first kappa shape index (κ1) is 15.0. The van der Waals surface area contributed by atoms with Gasteiger partial charge in [-0.2, -0.15) is 13.2 Å². The zero-order valence-corrected chi connectivity index (χ0v) is 11.1. The van der Waals surface area contributed by atoms with Crippen LogP contribution in [0.4, 0.5) is 13.2 Å². The standard InChI is InChI=1S/C14H20F3N/c1-4-11-5-7-12(8-6-11)13(2,3)9-18-10-14(15,16)17/h5-8,18H,4,9-10H2,1-3H3. The van der Waals surface area contributed by atoms with Gasteiger partial charge in [-0.15, -0.1) is 0 Å². The highest BCUT2D eigenvalue weighted by molar-refractivity contribution is 5.28. The lowest BCUT2D eigenvalue weighted by Gasteiger charge is -2.26. The molecular weight excluding hydrogens is 239 g/mol. The van der Waals surface area contributed by atoms with Crippen molar-refractivity contribution in [2.75, 3.05) is 13.1 Å². The van der Waals surface area contributed by atoms with Gasteiger partial charge in [-0.3, -0.25) is 0 Å². The number of alkyl halides is 3. The van der Waals surface area contributed by atoms with Crippen molar-refractivity contribution in [2.45, 2.75) is 38.8 Å². The van der Waals surface area contributed by atoms with Crippen molar-refractivity contribution in [1.29, 1.82) is 0 Å². The second-order valence-electron chi connectivity index (χ2n) is 5.15. The molecule has 0 radical (unpaired) electrons. The molecule has 0 aromatic heterocycles. The van der Waals surface area contributed by atoms with Crippen molar-refractivity contribution in [1.82, 2.24) is 5.32 Å². The Labute approximate surface area is 106 Å². The summed E-state index contributed by atoms with van der Waals surface area (Å²) >= 11 is 0. The van der Waals surface area contributed by atoms with Crippen molar-refractivity contribution in [2.24, 2.45) is 0 Å². The Balaban J connectivity index is 2.61. The summed E-state index contributed by atoms with van der Waals surface area (Å²) in [6, 6.07) is 8.05.